The van der Waals surface area contributed by atoms with Gasteiger partial charge in [-0.25, -0.2) is 13.1 Å². The monoisotopic (exact) mass is 319 g/mol. The minimum absolute atomic E-state index is 0.125. The number of sulfonamides is 1. The molecule has 0 fully saturated rings. The summed E-state index contributed by atoms with van der Waals surface area (Å²) < 4.78 is 27.6. The first kappa shape index (κ1) is 17.6. The summed E-state index contributed by atoms with van der Waals surface area (Å²) in [5.74, 6) is 0. The van der Waals surface area contributed by atoms with Crippen molar-refractivity contribution in [3.05, 3.63) is 16.5 Å². The Labute approximate surface area is 126 Å². The minimum atomic E-state index is -3.45. The molecular formula is C13H25N3O2S2. The van der Waals surface area contributed by atoms with Gasteiger partial charge in [-0.1, -0.05) is 13.8 Å². The van der Waals surface area contributed by atoms with Crippen molar-refractivity contribution >= 4 is 21.4 Å². The van der Waals surface area contributed by atoms with Gasteiger partial charge >= 0.3 is 0 Å². The van der Waals surface area contributed by atoms with Crippen molar-refractivity contribution in [1.29, 1.82) is 0 Å². The Bertz CT molecular complexity index is 548. The molecule has 7 heteroatoms. The molecule has 1 rings (SSSR count). The second kappa shape index (κ2) is 6.53. The van der Waals surface area contributed by atoms with Crippen LogP contribution in [0.15, 0.2) is 10.3 Å². The largest absolute Gasteiger partial charge is 0.326 e. The first-order valence-corrected chi connectivity index (χ1v) is 8.81. The molecule has 0 saturated carbocycles. The fraction of sp³-hybridized carbons (Fsp3) is 0.692. The Morgan fingerprint density at radius 1 is 1.40 bits per heavy atom. The molecule has 0 amide bonds. The van der Waals surface area contributed by atoms with E-state index in [1.54, 1.807) is 6.07 Å². The van der Waals surface area contributed by atoms with E-state index in [0.29, 0.717) is 17.3 Å². The predicted octanol–water partition coefficient (Wildman–Crippen LogP) is 1.38. The quantitative estimate of drug-likeness (QED) is 0.796. The second-order valence-corrected chi connectivity index (χ2v) is 9.23. The van der Waals surface area contributed by atoms with Gasteiger partial charge in [0.05, 0.1) is 0 Å². The molecule has 1 heterocycles. The zero-order chi connectivity index (χ0) is 15.6. The number of nitrogens with one attached hydrogen (secondary N) is 1. The summed E-state index contributed by atoms with van der Waals surface area (Å²) in [6, 6.07) is 1.69. The van der Waals surface area contributed by atoms with Gasteiger partial charge in [-0.15, -0.1) is 11.3 Å². The number of nitrogens with zero attached hydrogens (tertiary/aromatic N) is 1. The van der Waals surface area contributed by atoms with E-state index < -0.39 is 10.0 Å². The van der Waals surface area contributed by atoms with Gasteiger partial charge in [0.2, 0.25) is 10.0 Å². The van der Waals surface area contributed by atoms with Crippen molar-refractivity contribution < 1.29 is 8.42 Å². The van der Waals surface area contributed by atoms with E-state index in [0.717, 1.165) is 17.0 Å². The van der Waals surface area contributed by atoms with Crippen LogP contribution >= 0.6 is 11.3 Å². The fourth-order valence-electron chi connectivity index (χ4n) is 2.10. The standard InChI is InChI=1S/C13H25N3O2S2/c1-10-6-12(19-11(10)7-14)20(17,18)15-8-13(2,3)9-16(4)5/h6,15H,7-9,14H2,1-5H3. The SMILES string of the molecule is Cc1cc(S(=O)(=O)NCC(C)(C)CN(C)C)sc1CN. The topological polar surface area (TPSA) is 75.4 Å². The van der Waals surface area contributed by atoms with Crippen molar-refractivity contribution in [3.63, 3.8) is 0 Å². The molecule has 0 spiro atoms. The van der Waals surface area contributed by atoms with Crippen molar-refractivity contribution in [1.82, 2.24) is 9.62 Å². The summed E-state index contributed by atoms with van der Waals surface area (Å²) in [5, 5.41) is 0. The molecule has 1 aromatic rings. The van der Waals surface area contributed by atoms with Crippen LogP contribution in [-0.2, 0) is 16.6 Å². The van der Waals surface area contributed by atoms with E-state index in [1.807, 2.05) is 34.9 Å². The van der Waals surface area contributed by atoms with Gasteiger partial charge in [0.15, 0.2) is 0 Å². The number of hydrogen-bond acceptors (Lipinski definition) is 5. The number of nitrogens with two attached hydrogens (primary N) is 1. The summed E-state index contributed by atoms with van der Waals surface area (Å²) in [5.41, 5.74) is 6.41. The van der Waals surface area contributed by atoms with Gasteiger partial charge in [0.25, 0.3) is 0 Å². The van der Waals surface area contributed by atoms with Crippen LogP contribution in [0.5, 0.6) is 0 Å². The second-order valence-electron chi connectivity index (χ2n) is 6.10. The maximum absolute atomic E-state index is 12.3. The Morgan fingerprint density at radius 2 is 2.00 bits per heavy atom. The molecule has 0 aliphatic heterocycles. The molecule has 0 atom stereocenters. The van der Waals surface area contributed by atoms with Gasteiger partial charge in [-0.05, 0) is 38.1 Å². The van der Waals surface area contributed by atoms with Crippen LogP contribution in [0, 0.1) is 12.3 Å². The van der Waals surface area contributed by atoms with E-state index in [4.69, 9.17) is 5.73 Å². The highest BCUT2D eigenvalue weighted by molar-refractivity contribution is 7.91. The van der Waals surface area contributed by atoms with E-state index >= 15 is 0 Å². The van der Waals surface area contributed by atoms with E-state index in [1.165, 1.54) is 11.3 Å². The molecule has 116 valence electrons. The van der Waals surface area contributed by atoms with E-state index in [9.17, 15) is 8.42 Å². The summed E-state index contributed by atoms with van der Waals surface area (Å²) in [6.07, 6.45) is 0. The number of thiophene rings is 1. The highest BCUT2D eigenvalue weighted by Crippen LogP contribution is 2.26. The number of aryl methyl sites for hydroxylation is 1. The van der Waals surface area contributed by atoms with Crippen molar-refractivity contribution in [3.8, 4) is 0 Å². The van der Waals surface area contributed by atoms with Crippen LogP contribution in [0.4, 0.5) is 0 Å². The Kier molecular flexibility index (Phi) is 5.74. The van der Waals surface area contributed by atoms with Crippen LogP contribution < -0.4 is 10.5 Å². The molecule has 0 unspecified atom stereocenters. The normalized spacial score (nSPS) is 13.2. The van der Waals surface area contributed by atoms with Crippen molar-refractivity contribution in [2.24, 2.45) is 11.1 Å². The maximum atomic E-state index is 12.3. The van der Waals surface area contributed by atoms with Crippen LogP contribution in [0.2, 0.25) is 0 Å². The lowest BCUT2D eigenvalue weighted by atomic mass is 9.93. The highest BCUT2D eigenvalue weighted by atomic mass is 32.2. The van der Waals surface area contributed by atoms with Gasteiger partial charge < -0.3 is 10.6 Å². The molecule has 0 aromatic carbocycles. The number of rotatable bonds is 7. The molecule has 0 bridgehead atoms. The molecular weight excluding hydrogens is 294 g/mol. The van der Waals surface area contributed by atoms with Crippen LogP contribution in [-0.4, -0.2) is 40.5 Å². The summed E-state index contributed by atoms with van der Waals surface area (Å²) in [7, 11) is 0.511. The summed E-state index contributed by atoms with van der Waals surface area (Å²) in [6.45, 7) is 7.56. The average Bonchev–Trinajstić information content (AvgIpc) is 2.67. The zero-order valence-electron chi connectivity index (χ0n) is 12.9. The van der Waals surface area contributed by atoms with Crippen molar-refractivity contribution in [2.45, 2.75) is 31.5 Å². The Balaban J connectivity index is 2.80. The zero-order valence-corrected chi connectivity index (χ0v) is 14.5. The molecule has 0 aliphatic carbocycles. The lowest BCUT2D eigenvalue weighted by Gasteiger charge is -2.28. The molecule has 5 nitrogen and oxygen atoms in total. The fourth-order valence-corrected chi connectivity index (χ4v) is 4.85. The van der Waals surface area contributed by atoms with Crippen molar-refractivity contribution in [2.75, 3.05) is 27.2 Å². The third-order valence-electron chi connectivity index (χ3n) is 2.93. The summed E-state index contributed by atoms with van der Waals surface area (Å²) >= 11 is 1.25. The van der Waals surface area contributed by atoms with Crippen LogP contribution in [0.25, 0.3) is 0 Å². The molecule has 1 aromatic heterocycles. The smallest absolute Gasteiger partial charge is 0.250 e. The first-order valence-electron chi connectivity index (χ1n) is 6.51. The first-order chi connectivity index (χ1) is 9.07. The number of hydrogen-bond donors (Lipinski definition) is 2. The maximum Gasteiger partial charge on any atom is 0.250 e. The van der Waals surface area contributed by atoms with Crippen LogP contribution in [0.1, 0.15) is 24.3 Å². The van der Waals surface area contributed by atoms with Gasteiger partial charge in [0, 0.05) is 24.5 Å². The van der Waals surface area contributed by atoms with Gasteiger partial charge in [-0.3, -0.25) is 0 Å². The van der Waals surface area contributed by atoms with E-state index in [-0.39, 0.29) is 5.41 Å². The third kappa shape index (κ3) is 4.82. The molecule has 0 aliphatic rings. The molecule has 0 saturated heterocycles. The highest BCUT2D eigenvalue weighted by Gasteiger charge is 2.24. The lowest BCUT2D eigenvalue weighted by molar-refractivity contribution is 0.242. The minimum Gasteiger partial charge on any atom is -0.326 e. The average molecular weight is 319 g/mol. The lowest BCUT2D eigenvalue weighted by Crippen LogP contribution is -2.39. The molecule has 0 radical (unpaired) electrons. The predicted molar refractivity (Wildman–Crippen MR) is 84.5 cm³/mol. The Morgan fingerprint density at radius 3 is 2.45 bits per heavy atom. The van der Waals surface area contributed by atoms with E-state index in [2.05, 4.69) is 9.62 Å². The third-order valence-corrected chi connectivity index (χ3v) is 6.07. The van der Waals surface area contributed by atoms with Gasteiger partial charge in [-0.2, -0.15) is 0 Å². The molecule has 3 N–H and O–H groups in total. The van der Waals surface area contributed by atoms with Gasteiger partial charge in [0.1, 0.15) is 4.21 Å². The van der Waals surface area contributed by atoms with Crippen LogP contribution in [0.3, 0.4) is 0 Å². The summed E-state index contributed by atoms with van der Waals surface area (Å²) in [4.78, 5) is 2.97. The Hall–Kier alpha value is -0.470. The molecule has 20 heavy (non-hydrogen) atoms.